The number of nitrogens with zero attached hydrogens (tertiary/aromatic N) is 2. The van der Waals surface area contributed by atoms with Gasteiger partial charge in [-0.15, -0.1) is 11.3 Å². The van der Waals surface area contributed by atoms with Crippen LogP contribution in [0, 0.1) is 0 Å². The number of carbonyl (C=O) groups is 1. The second-order valence-electron chi connectivity index (χ2n) is 5.10. The minimum atomic E-state index is 0.0675. The fraction of sp³-hybridized carbons (Fsp3) is 0.375. The lowest BCUT2D eigenvalue weighted by Crippen LogP contribution is -2.38. The zero-order valence-electron chi connectivity index (χ0n) is 11.8. The van der Waals surface area contributed by atoms with Crippen molar-refractivity contribution >= 4 is 17.2 Å². The molecule has 0 spiro atoms. The summed E-state index contributed by atoms with van der Waals surface area (Å²) in [5, 5.41) is 3.05. The van der Waals surface area contributed by atoms with Crippen molar-refractivity contribution in [2.45, 2.75) is 25.3 Å². The molecule has 1 aromatic carbocycles. The van der Waals surface area contributed by atoms with Gasteiger partial charge in [0, 0.05) is 30.6 Å². The molecule has 1 aromatic heterocycles. The second-order valence-corrected chi connectivity index (χ2v) is 6.07. The van der Waals surface area contributed by atoms with E-state index in [1.165, 1.54) is 0 Å². The van der Waals surface area contributed by atoms with E-state index in [0.29, 0.717) is 6.04 Å². The summed E-state index contributed by atoms with van der Waals surface area (Å²) in [6, 6.07) is 9.87. The van der Waals surface area contributed by atoms with Crippen LogP contribution in [0.15, 0.2) is 41.9 Å². The van der Waals surface area contributed by atoms with Gasteiger partial charge >= 0.3 is 0 Å². The zero-order valence-corrected chi connectivity index (χ0v) is 12.6. The second kappa shape index (κ2) is 6.72. The van der Waals surface area contributed by atoms with E-state index in [1.54, 1.807) is 11.3 Å². The van der Waals surface area contributed by atoms with E-state index in [9.17, 15) is 4.79 Å². The quantitative estimate of drug-likeness (QED) is 0.790. The maximum absolute atomic E-state index is 12.3. The Morgan fingerprint density at radius 1 is 1.33 bits per heavy atom. The van der Waals surface area contributed by atoms with E-state index in [1.807, 2.05) is 46.8 Å². The Balaban J connectivity index is 1.52. The standard InChI is InChI=1S/C16H18N2O2S/c19-16(12-20-14-4-2-1-3-5-14)18(13-6-7-13)10-8-15-17-9-11-21-15/h1-5,9,11,13H,6-8,10,12H2. The van der Waals surface area contributed by atoms with Gasteiger partial charge in [-0.1, -0.05) is 18.2 Å². The topological polar surface area (TPSA) is 42.4 Å². The van der Waals surface area contributed by atoms with Crippen molar-refractivity contribution in [1.29, 1.82) is 0 Å². The third kappa shape index (κ3) is 4.04. The average Bonchev–Trinajstić information content (AvgIpc) is 3.22. The molecule has 3 rings (SSSR count). The molecule has 1 aliphatic carbocycles. The molecule has 110 valence electrons. The molecular formula is C16H18N2O2S. The molecule has 5 heteroatoms. The first kappa shape index (κ1) is 14.1. The van der Waals surface area contributed by atoms with Crippen LogP contribution in [-0.4, -0.2) is 35.0 Å². The molecule has 1 amide bonds. The molecule has 0 saturated heterocycles. The van der Waals surface area contributed by atoms with E-state index in [2.05, 4.69) is 4.98 Å². The highest BCUT2D eigenvalue weighted by molar-refractivity contribution is 7.09. The van der Waals surface area contributed by atoms with Crippen molar-refractivity contribution in [3.05, 3.63) is 46.9 Å². The van der Waals surface area contributed by atoms with Gasteiger partial charge in [0.25, 0.3) is 5.91 Å². The van der Waals surface area contributed by atoms with Gasteiger partial charge < -0.3 is 9.64 Å². The molecule has 0 aliphatic heterocycles. The smallest absolute Gasteiger partial charge is 0.260 e. The molecular weight excluding hydrogens is 284 g/mol. The van der Waals surface area contributed by atoms with Crippen molar-refractivity contribution in [1.82, 2.24) is 9.88 Å². The number of thiazole rings is 1. The molecule has 0 unspecified atom stereocenters. The lowest BCUT2D eigenvalue weighted by atomic mass is 10.3. The SMILES string of the molecule is O=C(COc1ccccc1)N(CCc1nccs1)C1CC1. The first-order valence-electron chi connectivity index (χ1n) is 7.18. The van der Waals surface area contributed by atoms with Gasteiger partial charge in [0.2, 0.25) is 0 Å². The summed E-state index contributed by atoms with van der Waals surface area (Å²) in [7, 11) is 0. The Kier molecular flexibility index (Phi) is 4.50. The molecule has 0 radical (unpaired) electrons. The van der Waals surface area contributed by atoms with Crippen molar-refractivity contribution in [3.63, 3.8) is 0 Å². The van der Waals surface area contributed by atoms with Gasteiger partial charge in [-0.05, 0) is 25.0 Å². The molecule has 1 fully saturated rings. The Hall–Kier alpha value is -1.88. The normalized spacial score (nSPS) is 13.9. The molecule has 4 nitrogen and oxygen atoms in total. The van der Waals surface area contributed by atoms with Crippen LogP contribution in [0.5, 0.6) is 5.75 Å². The fourth-order valence-electron chi connectivity index (χ4n) is 2.23. The maximum Gasteiger partial charge on any atom is 0.260 e. The van der Waals surface area contributed by atoms with E-state index in [0.717, 1.165) is 36.6 Å². The van der Waals surface area contributed by atoms with E-state index in [-0.39, 0.29) is 12.5 Å². The fourth-order valence-corrected chi connectivity index (χ4v) is 2.84. The maximum atomic E-state index is 12.3. The Labute approximate surface area is 128 Å². The Morgan fingerprint density at radius 3 is 2.81 bits per heavy atom. The molecule has 21 heavy (non-hydrogen) atoms. The van der Waals surface area contributed by atoms with Crippen LogP contribution < -0.4 is 4.74 Å². The Bertz CT molecular complexity index is 567. The van der Waals surface area contributed by atoms with E-state index >= 15 is 0 Å². The summed E-state index contributed by atoms with van der Waals surface area (Å²) in [4.78, 5) is 18.6. The summed E-state index contributed by atoms with van der Waals surface area (Å²) in [6.45, 7) is 0.841. The largest absolute Gasteiger partial charge is 0.484 e. The van der Waals surface area contributed by atoms with Crippen molar-refractivity contribution < 1.29 is 9.53 Å². The van der Waals surface area contributed by atoms with E-state index in [4.69, 9.17) is 4.74 Å². The molecule has 2 aromatic rings. The third-order valence-electron chi connectivity index (χ3n) is 3.46. The molecule has 1 aliphatic rings. The first-order chi connectivity index (χ1) is 10.3. The van der Waals surface area contributed by atoms with Gasteiger partial charge in [0.05, 0.1) is 5.01 Å². The number of hydrogen-bond acceptors (Lipinski definition) is 4. The van der Waals surface area contributed by atoms with Crippen molar-refractivity contribution in [3.8, 4) is 5.75 Å². The number of benzene rings is 1. The number of carbonyl (C=O) groups excluding carboxylic acids is 1. The summed E-state index contributed by atoms with van der Waals surface area (Å²) < 4.78 is 5.56. The highest BCUT2D eigenvalue weighted by Crippen LogP contribution is 2.27. The monoisotopic (exact) mass is 302 g/mol. The molecule has 1 heterocycles. The number of amides is 1. The summed E-state index contributed by atoms with van der Waals surface area (Å²) >= 11 is 1.64. The summed E-state index contributed by atoms with van der Waals surface area (Å²) in [5.74, 6) is 0.805. The number of aromatic nitrogens is 1. The molecule has 1 saturated carbocycles. The molecule has 0 N–H and O–H groups in total. The van der Waals surface area contributed by atoms with Crippen LogP contribution in [0.4, 0.5) is 0 Å². The van der Waals surface area contributed by atoms with Crippen LogP contribution in [0.1, 0.15) is 17.8 Å². The van der Waals surface area contributed by atoms with Crippen LogP contribution >= 0.6 is 11.3 Å². The van der Waals surface area contributed by atoms with Crippen LogP contribution in [0.2, 0.25) is 0 Å². The van der Waals surface area contributed by atoms with Gasteiger partial charge in [0.1, 0.15) is 5.75 Å². The summed E-state index contributed by atoms with van der Waals surface area (Å²) in [6.07, 6.45) is 4.84. The molecule has 0 bridgehead atoms. The highest BCUT2D eigenvalue weighted by Gasteiger charge is 2.32. The lowest BCUT2D eigenvalue weighted by molar-refractivity contribution is -0.133. The number of rotatable bonds is 7. The lowest BCUT2D eigenvalue weighted by Gasteiger charge is -2.22. The Morgan fingerprint density at radius 2 is 2.14 bits per heavy atom. The van der Waals surface area contributed by atoms with Crippen LogP contribution in [-0.2, 0) is 11.2 Å². The van der Waals surface area contributed by atoms with Gasteiger partial charge in [-0.3, -0.25) is 4.79 Å². The predicted octanol–water partition coefficient (Wildman–Crippen LogP) is 2.76. The van der Waals surface area contributed by atoms with Crippen LogP contribution in [0.25, 0.3) is 0 Å². The van der Waals surface area contributed by atoms with Crippen molar-refractivity contribution in [2.24, 2.45) is 0 Å². The highest BCUT2D eigenvalue weighted by atomic mass is 32.1. The summed E-state index contributed by atoms with van der Waals surface area (Å²) in [5.41, 5.74) is 0. The number of para-hydroxylation sites is 1. The minimum Gasteiger partial charge on any atom is -0.484 e. The van der Waals surface area contributed by atoms with Gasteiger partial charge in [-0.25, -0.2) is 4.98 Å². The van der Waals surface area contributed by atoms with Gasteiger partial charge in [0.15, 0.2) is 6.61 Å². The first-order valence-corrected chi connectivity index (χ1v) is 8.06. The number of hydrogen-bond donors (Lipinski definition) is 0. The third-order valence-corrected chi connectivity index (χ3v) is 4.30. The van der Waals surface area contributed by atoms with Gasteiger partial charge in [-0.2, -0.15) is 0 Å². The van der Waals surface area contributed by atoms with Crippen molar-refractivity contribution in [2.75, 3.05) is 13.2 Å². The number of ether oxygens (including phenoxy) is 1. The average molecular weight is 302 g/mol. The molecule has 0 atom stereocenters. The van der Waals surface area contributed by atoms with Crippen LogP contribution in [0.3, 0.4) is 0 Å². The van der Waals surface area contributed by atoms with E-state index < -0.39 is 0 Å². The zero-order chi connectivity index (χ0) is 14.5. The predicted molar refractivity (Wildman–Crippen MR) is 82.5 cm³/mol. The minimum absolute atomic E-state index is 0.0675.